The van der Waals surface area contributed by atoms with Gasteiger partial charge in [-0.25, -0.2) is 0 Å². The van der Waals surface area contributed by atoms with Crippen LogP contribution in [0.2, 0.25) is 0 Å². The van der Waals surface area contributed by atoms with E-state index in [2.05, 4.69) is 64.4 Å². The zero-order valence-electron chi connectivity index (χ0n) is 8.41. The van der Waals surface area contributed by atoms with Crippen molar-refractivity contribution in [1.82, 2.24) is 0 Å². The maximum Gasteiger partial charge on any atom is 0.0495 e. The number of hydrogen-bond acceptors (Lipinski definition) is 4. The molecule has 0 aliphatic heterocycles. The molecule has 0 spiro atoms. The van der Waals surface area contributed by atoms with Crippen LogP contribution >= 0.6 is 50.5 Å². The van der Waals surface area contributed by atoms with Gasteiger partial charge in [-0.05, 0) is 25.4 Å². The summed E-state index contributed by atoms with van der Waals surface area (Å²) in [4.78, 5) is 0. The second-order valence-electron chi connectivity index (χ2n) is 2.65. The minimum absolute atomic E-state index is 0.111. The van der Waals surface area contributed by atoms with Crippen LogP contribution in [0.3, 0.4) is 0 Å². The molecule has 0 saturated heterocycles. The highest BCUT2D eigenvalue weighted by molar-refractivity contribution is 8.00. The van der Waals surface area contributed by atoms with Crippen molar-refractivity contribution in [3.8, 4) is 0 Å². The molecule has 0 N–H and O–H groups in total. The van der Waals surface area contributed by atoms with Crippen molar-refractivity contribution in [2.24, 2.45) is 0 Å². The van der Waals surface area contributed by atoms with Crippen LogP contribution in [0.5, 0.6) is 0 Å². The quantitative estimate of drug-likeness (QED) is 0.392. The van der Waals surface area contributed by atoms with Gasteiger partial charge in [0.05, 0.1) is 0 Å². The summed E-state index contributed by atoms with van der Waals surface area (Å²) in [5.41, 5.74) is 0. The molecule has 0 aromatic carbocycles. The minimum atomic E-state index is -0.111. The summed E-state index contributed by atoms with van der Waals surface area (Å²) in [6, 6.07) is 0. The molecule has 0 rings (SSSR count). The molecule has 0 unspecified atom stereocenters. The number of rotatable bonds is 1. The third kappa shape index (κ3) is 214. The molecule has 4 heteroatoms. The van der Waals surface area contributed by atoms with E-state index < -0.39 is 0 Å². The lowest BCUT2D eigenvalue weighted by Crippen LogP contribution is -1.94. The van der Waals surface area contributed by atoms with Crippen molar-refractivity contribution >= 4 is 50.5 Å². The maximum absolute atomic E-state index is 3.99. The molecule has 0 aromatic heterocycles. The van der Waals surface area contributed by atoms with E-state index in [0.717, 1.165) is 11.5 Å². The lowest BCUT2D eigenvalue weighted by Gasteiger charge is -2.03. The van der Waals surface area contributed by atoms with Crippen LogP contribution in [-0.2, 0) is 0 Å². The third-order valence-electron chi connectivity index (χ3n) is 0.1000. The summed E-state index contributed by atoms with van der Waals surface area (Å²) in [7, 11) is 0. The summed E-state index contributed by atoms with van der Waals surface area (Å²) in [6.45, 7) is 8.08. The predicted octanol–water partition coefficient (Wildman–Crippen LogP) is 3.84. The van der Waals surface area contributed by atoms with Gasteiger partial charge in [0.2, 0.25) is 0 Å². The molecule has 12 heavy (non-hydrogen) atoms. The fraction of sp³-hybridized carbons (Fsp3) is 1.00. The first kappa shape index (κ1) is 19.0. The molecule has 78 valence electrons. The third-order valence-corrected chi connectivity index (χ3v) is 0.900. The average molecular weight is 247 g/mol. The highest BCUT2D eigenvalue weighted by Crippen LogP contribution is 2.14. The van der Waals surface area contributed by atoms with Gasteiger partial charge >= 0.3 is 0 Å². The Morgan fingerprint density at radius 3 is 1.00 bits per heavy atom. The van der Waals surface area contributed by atoms with Crippen LogP contribution in [-0.4, -0.2) is 15.6 Å². The molecule has 0 nitrogen and oxygen atoms in total. The van der Waals surface area contributed by atoms with Gasteiger partial charge in [0.1, 0.15) is 0 Å². The Hall–Kier alpha value is 1.40. The fourth-order valence-electron chi connectivity index (χ4n) is 0. The Bertz CT molecular complexity index is 50.6. The average Bonchev–Trinajstić information content (AvgIpc) is 1.85. The highest BCUT2D eigenvalue weighted by atomic mass is 32.2. The molecule has 0 bridgehead atoms. The fourth-order valence-corrected chi connectivity index (χ4v) is 0. The Morgan fingerprint density at radius 2 is 1.00 bits per heavy atom. The van der Waals surface area contributed by atoms with Gasteiger partial charge in [-0.3, -0.25) is 0 Å². The van der Waals surface area contributed by atoms with Crippen molar-refractivity contribution in [2.45, 2.75) is 38.2 Å². The van der Waals surface area contributed by atoms with Gasteiger partial charge in [-0.1, -0.05) is 20.3 Å². The van der Waals surface area contributed by atoms with Crippen LogP contribution in [0.25, 0.3) is 0 Å². The molecule has 0 radical (unpaired) electrons. The first-order chi connectivity index (χ1) is 5.33. The van der Waals surface area contributed by atoms with E-state index in [0.29, 0.717) is 0 Å². The van der Waals surface area contributed by atoms with E-state index in [9.17, 15) is 0 Å². The summed E-state index contributed by atoms with van der Waals surface area (Å²) < 4.78 is -0.111. The molecule has 0 amide bonds. The van der Waals surface area contributed by atoms with Crippen LogP contribution in [0, 0.1) is 0 Å². The van der Waals surface area contributed by atoms with Crippen molar-refractivity contribution in [3.05, 3.63) is 0 Å². The van der Waals surface area contributed by atoms with E-state index in [1.165, 1.54) is 6.42 Å². The van der Waals surface area contributed by atoms with Crippen molar-refractivity contribution in [3.63, 3.8) is 0 Å². The molecule has 0 aromatic rings. The molecule has 0 heterocycles. The van der Waals surface area contributed by atoms with Gasteiger partial charge in [-0.2, -0.15) is 50.5 Å². The van der Waals surface area contributed by atoms with Gasteiger partial charge in [0.15, 0.2) is 0 Å². The lowest BCUT2D eigenvalue weighted by molar-refractivity contribution is 1.05. The summed E-state index contributed by atoms with van der Waals surface area (Å²) in [6.07, 6.45) is 1.25. The summed E-state index contributed by atoms with van der Waals surface area (Å²) >= 11 is 15.7. The van der Waals surface area contributed by atoms with Crippen molar-refractivity contribution in [2.75, 3.05) is 11.5 Å². The Kier molecular flexibility index (Phi) is 23.7. The standard InChI is InChI=1S/C3H8S2.C3H8.C2H6S2/c1-3(2,4)5;1-3-2;3-1-2-4/h4-5H,1-2H3;3H2,1-2H3;3-4H,1-2H2. The SMILES string of the molecule is CC(C)(S)S.CCC.SCCS. The van der Waals surface area contributed by atoms with Gasteiger partial charge in [0.25, 0.3) is 0 Å². The molecule has 0 fully saturated rings. The van der Waals surface area contributed by atoms with E-state index in [1.807, 2.05) is 13.8 Å². The van der Waals surface area contributed by atoms with Crippen LogP contribution in [0.1, 0.15) is 34.1 Å². The number of thiol groups is 4. The van der Waals surface area contributed by atoms with Crippen LogP contribution < -0.4 is 0 Å². The normalized spacial score (nSPS) is 9.00. The first-order valence-electron chi connectivity index (χ1n) is 3.99. The number of hydrogen-bond donors (Lipinski definition) is 4. The first-order valence-corrected chi connectivity index (χ1v) is 6.15. The molecule has 0 aliphatic rings. The summed E-state index contributed by atoms with van der Waals surface area (Å²) in [5.74, 6) is 1.76. The van der Waals surface area contributed by atoms with Crippen LogP contribution in [0.4, 0.5) is 0 Å². The minimum Gasteiger partial charge on any atom is -0.179 e. The Morgan fingerprint density at radius 1 is 0.917 bits per heavy atom. The van der Waals surface area contributed by atoms with E-state index in [4.69, 9.17) is 0 Å². The lowest BCUT2D eigenvalue weighted by atomic mass is 10.6. The molecular weight excluding hydrogens is 224 g/mol. The van der Waals surface area contributed by atoms with Crippen molar-refractivity contribution < 1.29 is 0 Å². The second-order valence-corrected chi connectivity index (χ2v) is 6.13. The largest absolute Gasteiger partial charge is 0.179 e. The highest BCUT2D eigenvalue weighted by Gasteiger charge is 1.98. The monoisotopic (exact) mass is 246 g/mol. The second kappa shape index (κ2) is 14.9. The zero-order valence-corrected chi connectivity index (χ0v) is 12.0. The topological polar surface area (TPSA) is 0 Å². The van der Waals surface area contributed by atoms with E-state index in [1.54, 1.807) is 0 Å². The Balaban J connectivity index is -0.000000105. The van der Waals surface area contributed by atoms with Crippen LogP contribution in [0.15, 0.2) is 0 Å². The smallest absolute Gasteiger partial charge is 0.0495 e. The van der Waals surface area contributed by atoms with Gasteiger partial charge in [-0.15, -0.1) is 0 Å². The van der Waals surface area contributed by atoms with E-state index >= 15 is 0 Å². The van der Waals surface area contributed by atoms with Gasteiger partial charge in [0, 0.05) is 4.08 Å². The van der Waals surface area contributed by atoms with E-state index in [-0.39, 0.29) is 4.08 Å². The molecule has 0 atom stereocenters. The molecular formula is C8H22S4. The Labute approximate surface area is 99.9 Å². The molecule has 0 aliphatic carbocycles. The maximum atomic E-state index is 3.99. The van der Waals surface area contributed by atoms with Gasteiger partial charge < -0.3 is 0 Å². The molecule has 0 saturated carbocycles. The van der Waals surface area contributed by atoms with Crippen molar-refractivity contribution in [1.29, 1.82) is 0 Å². The zero-order chi connectivity index (χ0) is 10.6. The predicted molar refractivity (Wildman–Crippen MR) is 75.7 cm³/mol. The summed E-state index contributed by atoms with van der Waals surface area (Å²) in [5, 5.41) is 0.